The van der Waals surface area contributed by atoms with Crippen LogP contribution < -0.4 is 5.32 Å². The molecule has 0 spiro atoms. The summed E-state index contributed by atoms with van der Waals surface area (Å²) in [6.07, 6.45) is 2.46. The maximum absolute atomic E-state index is 6.19. The highest BCUT2D eigenvalue weighted by Gasteiger charge is 2.16. The van der Waals surface area contributed by atoms with E-state index in [2.05, 4.69) is 25.2 Å². The molecule has 0 aliphatic carbocycles. The summed E-state index contributed by atoms with van der Waals surface area (Å²) in [5, 5.41) is 4.32. The normalized spacial score (nSPS) is 20.9. The molecule has 2 rings (SSSR count). The monoisotopic (exact) mass is 223 g/mol. The van der Waals surface area contributed by atoms with E-state index in [1.54, 1.807) is 0 Å². The quantitative estimate of drug-likeness (QED) is 0.813. The Morgan fingerprint density at radius 1 is 1.40 bits per heavy atom. The molecule has 1 saturated heterocycles. The minimum Gasteiger partial charge on any atom is -0.316 e. The van der Waals surface area contributed by atoms with Crippen LogP contribution in [0.1, 0.15) is 23.1 Å². The summed E-state index contributed by atoms with van der Waals surface area (Å²) in [5.74, 6) is 0.793. The van der Waals surface area contributed by atoms with E-state index >= 15 is 0 Å². The van der Waals surface area contributed by atoms with Gasteiger partial charge in [-0.1, -0.05) is 17.7 Å². The van der Waals surface area contributed by atoms with E-state index in [-0.39, 0.29) is 0 Å². The number of nitrogens with one attached hydrogen (secondary N) is 1. The standard InChI is InChI=1S/C13H18ClN/c1-9-5-12(10(2)13(14)6-9)7-11-3-4-15-8-11/h5-6,11,15H,3-4,7-8H2,1-2H3. The van der Waals surface area contributed by atoms with Gasteiger partial charge in [-0.3, -0.25) is 0 Å². The average molecular weight is 224 g/mol. The zero-order valence-electron chi connectivity index (χ0n) is 9.44. The average Bonchev–Trinajstić information content (AvgIpc) is 2.66. The summed E-state index contributed by atoms with van der Waals surface area (Å²) in [5.41, 5.74) is 3.95. The molecule has 0 radical (unpaired) electrons. The van der Waals surface area contributed by atoms with Gasteiger partial charge in [0.25, 0.3) is 0 Å². The van der Waals surface area contributed by atoms with Crippen LogP contribution in [0.25, 0.3) is 0 Å². The van der Waals surface area contributed by atoms with Crippen molar-refractivity contribution in [2.75, 3.05) is 13.1 Å². The summed E-state index contributed by atoms with van der Waals surface area (Å²) in [6, 6.07) is 4.33. The first-order valence-corrected chi connectivity index (χ1v) is 6.01. The number of benzene rings is 1. The second kappa shape index (κ2) is 4.54. The SMILES string of the molecule is Cc1cc(Cl)c(C)c(CC2CCNC2)c1. The topological polar surface area (TPSA) is 12.0 Å². The van der Waals surface area contributed by atoms with Gasteiger partial charge in [-0.2, -0.15) is 0 Å². The highest BCUT2D eigenvalue weighted by Crippen LogP contribution is 2.25. The summed E-state index contributed by atoms with van der Waals surface area (Å²) in [7, 11) is 0. The molecular formula is C13H18ClN. The molecule has 0 saturated carbocycles. The van der Waals surface area contributed by atoms with Gasteiger partial charge in [0.2, 0.25) is 0 Å². The third kappa shape index (κ3) is 2.53. The molecule has 0 amide bonds. The van der Waals surface area contributed by atoms with Gasteiger partial charge in [0.15, 0.2) is 0 Å². The fourth-order valence-corrected chi connectivity index (χ4v) is 2.59. The largest absolute Gasteiger partial charge is 0.316 e. The minimum atomic E-state index is 0.793. The highest BCUT2D eigenvalue weighted by molar-refractivity contribution is 6.31. The van der Waals surface area contributed by atoms with Crippen LogP contribution in [-0.2, 0) is 6.42 Å². The van der Waals surface area contributed by atoms with Crippen molar-refractivity contribution in [3.05, 3.63) is 33.8 Å². The number of hydrogen-bond donors (Lipinski definition) is 1. The van der Waals surface area contributed by atoms with Gasteiger partial charge >= 0.3 is 0 Å². The smallest absolute Gasteiger partial charge is 0.0440 e. The molecule has 1 aromatic carbocycles. The minimum absolute atomic E-state index is 0.793. The van der Waals surface area contributed by atoms with Gasteiger partial charge in [-0.15, -0.1) is 0 Å². The van der Waals surface area contributed by atoms with Gasteiger partial charge in [0.1, 0.15) is 0 Å². The molecule has 0 bridgehead atoms. The molecule has 1 aliphatic rings. The first-order chi connectivity index (χ1) is 7.16. The number of rotatable bonds is 2. The fraction of sp³-hybridized carbons (Fsp3) is 0.538. The third-order valence-corrected chi connectivity index (χ3v) is 3.66. The molecule has 1 unspecified atom stereocenters. The Bertz CT molecular complexity index is 354. The summed E-state index contributed by atoms with van der Waals surface area (Å²) in [4.78, 5) is 0. The number of halogens is 1. The Hall–Kier alpha value is -0.530. The zero-order valence-corrected chi connectivity index (χ0v) is 10.2. The first-order valence-electron chi connectivity index (χ1n) is 5.63. The van der Waals surface area contributed by atoms with E-state index in [0.717, 1.165) is 17.5 Å². The zero-order chi connectivity index (χ0) is 10.8. The van der Waals surface area contributed by atoms with Crippen molar-refractivity contribution >= 4 is 11.6 Å². The molecule has 1 heterocycles. The molecular weight excluding hydrogens is 206 g/mol. The molecule has 1 N–H and O–H groups in total. The lowest BCUT2D eigenvalue weighted by atomic mass is 9.94. The molecule has 1 atom stereocenters. The lowest BCUT2D eigenvalue weighted by Crippen LogP contribution is -2.11. The Kier molecular flexibility index (Phi) is 3.32. The van der Waals surface area contributed by atoms with Crippen molar-refractivity contribution in [2.24, 2.45) is 5.92 Å². The van der Waals surface area contributed by atoms with Crippen molar-refractivity contribution < 1.29 is 0 Å². The molecule has 1 aromatic rings. The second-order valence-corrected chi connectivity index (χ2v) is 5.00. The van der Waals surface area contributed by atoms with E-state index < -0.39 is 0 Å². The van der Waals surface area contributed by atoms with E-state index in [4.69, 9.17) is 11.6 Å². The molecule has 82 valence electrons. The second-order valence-electron chi connectivity index (χ2n) is 4.59. The van der Waals surface area contributed by atoms with E-state index in [9.17, 15) is 0 Å². The van der Waals surface area contributed by atoms with Gasteiger partial charge < -0.3 is 5.32 Å². The van der Waals surface area contributed by atoms with Crippen LogP contribution in [0.5, 0.6) is 0 Å². The molecule has 1 fully saturated rings. The van der Waals surface area contributed by atoms with E-state index in [0.29, 0.717) is 0 Å². The Morgan fingerprint density at radius 3 is 2.87 bits per heavy atom. The predicted octanol–water partition coefficient (Wildman–Crippen LogP) is 3.11. The van der Waals surface area contributed by atoms with Crippen LogP contribution in [0, 0.1) is 19.8 Å². The van der Waals surface area contributed by atoms with Gasteiger partial charge in [0, 0.05) is 5.02 Å². The van der Waals surface area contributed by atoms with E-state index in [1.807, 2.05) is 6.07 Å². The molecule has 1 nitrogen and oxygen atoms in total. The van der Waals surface area contributed by atoms with Crippen LogP contribution in [0.4, 0.5) is 0 Å². The third-order valence-electron chi connectivity index (χ3n) is 3.27. The molecule has 0 aromatic heterocycles. The summed E-state index contributed by atoms with van der Waals surface area (Å²) < 4.78 is 0. The Balaban J connectivity index is 2.19. The predicted molar refractivity (Wildman–Crippen MR) is 65.6 cm³/mol. The number of aryl methyl sites for hydroxylation is 1. The van der Waals surface area contributed by atoms with Crippen molar-refractivity contribution in [1.82, 2.24) is 5.32 Å². The molecule has 15 heavy (non-hydrogen) atoms. The Morgan fingerprint density at radius 2 is 2.20 bits per heavy atom. The first kappa shape index (κ1) is 11.0. The van der Waals surface area contributed by atoms with Crippen LogP contribution in [0.15, 0.2) is 12.1 Å². The van der Waals surface area contributed by atoms with Crippen molar-refractivity contribution in [1.29, 1.82) is 0 Å². The van der Waals surface area contributed by atoms with Gasteiger partial charge in [0.05, 0.1) is 0 Å². The van der Waals surface area contributed by atoms with Crippen LogP contribution >= 0.6 is 11.6 Å². The van der Waals surface area contributed by atoms with Crippen LogP contribution in [0.2, 0.25) is 5.02 Å². The number of hydrogen-bond acceptors (Lipinski definition) is 1. The molecule has 2 heteroatoms. The fourth-order valence-electron chi connectivity index (χ4n) is 2.30. The van der Waals surface area contributed by atoms with Gasteiger partial charge in [-0.25, -0.2) is 0 Å². The van der Waals surface area contributed by atoms with Crippen molar-refractivity contribution in [3.63, 3.8) is 0 Å². The lowest BCUT2D eigenvalue weighted by molar-refractivity contribution is 0.578. The summed E-state index contributed by atoms with van der Waals surface area (Å²) >= 11 is 6.19. The molecule has 1 aliphatic heterocycles. The van der Waals surface area contributed by atoms with Crippen LogP contribution in [-0.4, -0.2) is 13.1 Å². The Labute approximate surface area is 96.8 Å². The lowest BCUT2D eigenvalue weighted by Gasteiger charge is -2.13. The van der Waals surface area contributed by atoms with Crippen LogP contribution in [0.3, 0.4) is 0 Å². The van der Waals surface area contributed by atoms with E-state index in [1.165, 1.54) is 36.1 Å². The highest BCUT2D eigenvalue weighted by atomic mass is 35.5. The van der Waals surface area contributed by atoms with Crippen molar-refractivity contribution in [3.8, 4) is 0 Å². The maximum Gasteiger partial charge on any atom is 0.0440 e. The summed E-state index contributed by atoms with van der Waals surface area (Å²) in [6.45, 7) is 6.56. The maximum atomic E-state index is 6.19. The van der Waals surface area contributed by atoms with Gasteiger partial charge in [-0.05, 0) is 68.5 Å². The van der Waals surface area contributed by atoms with Crippen molar-refractivity contribution in [2.45, 2.75) is 26.7 Å².